The van der Waals surface area contributed by atoms with Crippen LogP contribution in [0.3, 0.4) is 0 Å². The lowest BCUT2D eigenvalue weighted by atomic mass is 9.97. The third-order valence-corrected chi connectivity index (χ3v) is 4.99. The summed E-state index contributed by atoms with van der Waals surface area (Å²) in [5, 5.41) is 10.1. The van der Waals surface area contributed by atoms with E-state index in [9.17, 15) is 31.1 Å². The second-order valence-electron chi connectivity index (χ2n) is 4.99. The zero-order chi connectivity index (χ0) is 16.7. The molecular formula is C12H13F4NO4S. The summed E-state index contributed by atoms with van der Waals surface area (Å²) in [5.74, 6) is -7.74. The topological polar surface area (TPSA) is 75.6 Å². The molecule has 1 aliphatic rings. The molecule has 1 saturated heterocycles. The molecular weight excluding hydrogens is 330 g/mol. The highest BCUT2D eigenvalue weighted by molar-refractivity contribution is 7.89. The second kappa shape index (κ2) is 5.76. The third kappa shape index (κ3) is 2.96. The van der Waals surface area contributed by atoms with Gasteiger partial charge in [-0.3, -0.25) is 0 Å². The Balaban J connectivity index is 2.32. The Labute approximate surface area is 123 Å². The molecule has 10 heteroatoms. The van der Waals surface area contributed by atoms with Gasteiger partial charge in [-0.15, -0.1) is 0 Å². The number of hydrogen-bond donors (Lipinski definition) is 2. The molecule has 124 valence electrons. The first-order chi connectivity index (χ1) is 10.1. The molecule has 0 saturated carbocycles. The smallest absolute Gasteiger partial charge is 0.246 e. The lowest BCUT2D eigenvalue weighted by Crippen LogP contribution is -2.47. The van der Waals surface area contributed by atoms with E-state index in [4.69, 9.17) is 4.74 Å². The van der Waals surface area contributed by atoms with Crippen molar-refractivity contribution in [3.8, 4) is 0 Å². The molecule has 0 amide bonds. The highest BCUT2D eigenvalue weighted by atomic mass is 32.2. The Bertz CT molecular complexity index is 671. The standard InChI is InChI=1S/C12H13F4NO4S/c1-6-12(18,2-3-21-6)5-17-22(19,20)11-9(15)7(13)4-8(14)10(11)16/h4,6,17-18H,2-3,5H2,1H3/t6-,12-/m0/s1. The zero-order valence-corrected chi connectivity index (χ0v) is 12.2. The van der Waals surface area contributed by atoms with Crippen LogP contribution < -0.4 is 4.72 Å². The number of nitrogens with one attached hydrogen (secondary N) is 1. The molecule has 22 heavy (non-hydrogen) atoms. The van der Waals surface area contributed by atoms with Gasteiger partial charge in [0.25, 0.3) is 0 Å². The summed E-state index contributed by atoms with van der Waals surface area (Å²) in [6, 6.07) is -0.0931. The lowest BCUT2D eigenvalue weighted by molar-refractivity contribution is -0.0228. The van der Waals surface area contributed by atoms with Crippen LogP contribution >= 0.6 is 0 Å². The van der Waals surface area contributed by atoms with Gasteiger partial charge in [0.05, 0.1) is 6.10 Å². The van der Waals surface area contributed by atoms with Crippen molar-refractivity contribution in [1.29, 1.82) is 0 Å². The number of sulfonamides is 1. The molecule has 1 heterocycles. The van der Waals surface area contributed by atoms with Crippen LogP contribution in [0.25, 0.3) is 0 Å². The predicted octanol–water partition coefficient (Wildman–Crippen LogP) is 1.06. The summed E-state index contributed by atoms with van der Waals surface area (Å²) in [6.07, 6.45) is -0.617. The van der Waals surface area contributed by atoms with Crippen LogP contribution in [0, 0.1) is 23.3 Å². The number of rotatable bonds is 4. The fourth-order valence-corrected chi connectivity index (χ4v) is 3.33. The van der Waals surface area contributed by atoms with Gasteiger partial charge in [0, 0.05) is 25.6 Å². The number of halogens is 4. The largest absolute Gasteiger partial charge is 0.386 e. The number of ether oxygens (including phenoxy) is 1. The molecule has 1 fully saturated rings. The Kier molecular flexibility index (Phi) is 4.49. The highest BCUT2D eigenvalue weighted by Crippen LogP contribution is 2.27. The van der Waals surface area contributed by atoms with Crippen molar-refractivity contribution >= 4 is 10.0 Å². The summed E-state index contributed by atoms with van der Waals surface area (Å²) in [4.78, 5) is -1.76. The van der Waals surface area contributed by atoms with E-state index < -0.39 is 56.4 Å². The molecule has 0 bridgehead atoms. The molecule has 0 spiro atoms. The van der Waals surface area contributed by atoms with E-state index >= 15 is 0 Å². The quantitative estimate of drug-likeness (QED) is 0.633. The van der Waals surface area contributed by atoms with Crippen LogP contribution in [0.4, 0.5) is 17.6 Å². The average molecular weight is 343 g/mol. The maximum absolute atomic E-state index is 13.5. The van der Waals surface area contributed by atoms with E-state index in [2.05, 4.69) is 0 Å². The summed E-state index contributed by atoms with van der Waals surface area (Å²) >= 11 is 0. The Morgan fingerprint density at radius 1 is 1.32 bits per heavy atom. The Morgan fingerprint density at radius 3 is 2.32 bits per heavy atom. The molecule has 1 aromatic carbocycles. The van der Waals surface area contributed by atoms with Gasteiger partial charge in [-0.1, -0.05) is 0 Å². The van der Waals surface area contributed by atoms with Gasteiger partial charge in [0.15, 0.2) is 28.2 Å². The van der Waals surface area contributed by atoms with Gasteiger partial charge in [-0.2, -0.15) is 0 Å². The van der Waals surface area contributed by atoms with Crippen LogP contribution in [-0.2, 0) is 14.8 Å². The van der Waals surface area contributed by atoms with Crippen molar-refractivity contribution in [3.05, 3.63) is 29.3 Å². The van der Waals surface area contributed by atoms with Gasteiger partial charge in [-0.05, 0) is 6.92 Å². The van der Waals surface area contributed by atoms with E-state index in [1.165, 1.54) is 6.92 Å². The molecule has 2 N–H and O–H groups in total. The Hall–Kier alpha value is -1.23. The van der Waals surface area contributed by atoms with Gasteiger partial charge < -0.3 is 9.84 Å². The van der Waals surface area contributed by atoms with E-state index in [-0.39, 0.29) is 19.1 Å². The Morgan fingerprint density at radius 2 is 1.86 bits per heavy atom. The first kappa shape index (κ1) is 17.1. The van der Waals surface area contributed by atoms with E-state index in [1.807, 2.05) is 0 Å². The van der Waals surface area contributed by atoms with Crippen LogP contribution in [0.2, 0.25) is 0 Å². The molecule has 1 aromatic rings. The normalized spacial score (nSPS) is 25.6. The van der Waals surface area contributed by atoms with Crippen molar-refractivity contribution in [2.45, 2.75) is 29.9 Å². The molecule has 2 rings (SSSR count). The van der Waals surface area contributed by atoms with Gasteiger partial charge in [0.2, 0.25) is 10.0 Å². The van der Waals surface area contributed by atoms with E-state index in [0.717, 1.165) is 0 Å². The van der Waals surface area contributed by atoms with Gasteiger partial charge in [-0.25, -0.2) is 30.7 Å². The fraction of sp³-hybridized carbons (Fsp3) is 0.500. The second-order valence-corrected chi connectivity index (χ2v) is 6.69. The number of aliphatic hydroxyl groups is 1. The van der Waals surface area contributed by atoms with E-state index in [1.54, 1.807) is 4.72 Å². The average Bonchev–Trinajstić information content (AvgIpc) is 2.75. The SMILES string of the molecule is C[C@@H]1OCC[C@]1(O)CNS(=O)(=O)c1c(F)c(F)cc(F)c1F. The summed E-state index contributed by atoms with van der Waals surface area (Å²) in [5.41, 5.74) is -1.58. The molecule has 0 radical (unpaired) electrons. The van der Waals surface area contributed by atoms with E-state index in [0.29, 0.717) is 0 Å². The fourth-order valence-electron chi connectivity index (χ4n) is 2.08. The summed E-state index contributed by atoms with van der Waals surface area (Å²) < 4.78 is 83.9. The van der Waals surface area contributed by atoms with Crippen LogP contribution in [0.1, 0.15) is 13.3 Å². The molecule has 0 aromatic heterocycles. The van der Waals surface area contributed by atoms with Crippen LogP contribution in [0.15, 0.2) is 11.0 Å². The first-order valence-corrected chi connectivity index (χ1v) is 7.73. The zero-order valence-electron chi connectivity index (χ0n) is 11.4. The van der Waals surface area contributed by atoms with Crippen molar-refractivity contribution in [3.63, 3.8) is 0 Å². The monoisotopic (exact) mass is 343 g/mol. The van der Waals surface area contributed by atoms with Crippen LogP contribution in [-0.4, -0.2) is 38.4 Å². The first-order valence-electron chi connectivity index (χ1n) is 6.25. The van der Waals surface area contributed by atoms with Crippen molar-refractivity contribution in [2.75, 3.05) is 13.2 Å². The maximum atomic E-state index is 13.5. The maximum Gasteiger partial charge on any atom is 0.246 e. The third-order valence-electron chi connectivity index (χ3n) is 3.57. The lowest BCUT2D eigenvalue weighted by Gasteiger charge is -2.26. The molecule has 0 unspecified atom stereocenters. The van der Waals surface area contributed by atoms with Gasteiger partial charge in [0.1, 0.15) is 5.60 Å². The number of hydrogen-bond acceptors (Lipinski definition) is 4. The minimum absolute atomic E-state index is 0.0931. The van der Waals surface area contributed by atoms with Crippen molar-refractivity contribution in [1.82, 2.24) is 4.72 Å². The minimum atomic E-state index is -4.91. The predicted molar refractivity (Wildman–Crippen MR) is 66.4 cm³/mol. The molecule has 2 atom stereocenters. The summed E-state index contributed by atoms with van der Waals surface area (Å²) in [6.45, 7) is 1.05. The molecule has 5 nitrogen and oxygen atoms in total. The molecule has 0 aliphatic carbocycles. The van der Waals surface area contributed by atoms with Crippen molar-refractivity contribution < 1.29 is 35.8 Å². The van der Waals surface area contributed by atoms with Gasteiger partial charge >= 0.3 is 0 Å². The minimum Gasteiger partial charge on any atom is -0.386 e. The number of benzene rings is 1. The van der Waals surface area contributed by atoms with Crippen molar-refractivity contribution in [2.24, 2.45) is 0 Å². The molecule has 1 aliphatic heterocycles. The van der Waals surface area contributed by atoms with Crippen LogP contribution in [0.5, 0.6) is 0 Å². The highest BCUT2D eigenvalue weighted by Gasteiger charge is 2.41. The summed E-state index contributed by atoms with van der Waals surface area (Å²) in [7, 11) is -4.91.